The van der Waals surface area contributed by atoms with E-state index in [-0.39, 0.29) is 11.3 Å². The van der Waals surface area contributed by atoms with E-state index in [0.717, 1.165) is 24.1 Å². The van der Waals surface area contributed by atoms with Gasteiger partial charge in [-0.3, -0.25) is 4.79 Å². The van der Waals surface area contributed by atoms with Crippen LogP contribution < -0.4 is 5.32 Å². The van der Waals surface area contributed by atoms with Crippen molar-refractivity contribution < 1.29 is 4.79 Å². The largest absolute Gasteiger partial charge is 0.367 e. The number of carbonyl (C=O) groups is 1. The lowest BCUT2D eigenvalue weighted by atomic mass is 9.48. The number of carbonyl (C=O) groups excluding carboxylic acids is 1. The van der Waals surface area contributed by atoms with Gasteiger partial charge in [-0.25, -0.2) is 4.98 Å². The van der Waals surface area contributed by atoms with Gasteiger partial charge in [0.25, 0.3) is 0 Å². The van der Waals surface area contributed by atoms with Crippen LogP contribution in [0.25, 0.3) is 0 Å². The van der Waals surface area contributed by atoms with Crippen molar-refractivity contribution in [3.63, 3.8) is 0 Å². The van der Waals surface area contributed by atoms with Crippen molar-refractivity contribution in [1.29, 1.82) is 0 Å². The van der Waals surface area contributed by atoms with Crippen LogP contribution in [0.3, 0.4) is 0 Å². The molecule has 1 aromatic heterocycles. The van der Waals surface area contributed by atoms with Crippen molar-refractivity contribution in [1.82, 2.24) is 9.88 Å². The molecule has 5 rings (SSSR count). The average Bonchev–Trinajstić information content (AvgIpc) is 3.03. The number of nitrogens with one attached hydrogen (secondary N) is 1. The highest BCUT2D eigenvalue weighted by atomic mass is 35.5. The molecule has 2 unspecified atom stereocenters. The molecule has 4 aliphatic rings. The molecule has 3 saturated carbocycles. The summed E-state index contributed by atoms with van der Waals surface area (Å²) < 4.78 is 0. The van der Waals surface area contributed by atoms with Crippen LogP contribution in [0.2, 0.25) is 5.02 Å². The highest BCUT2D eigenvalue weighted by molar-refractivity contribution is 6.30. The van der Waals surface area contributed by atoms with Gasteiger partial charge in [-0.05, 0) is 79.9 Å². The van der Waals surface area contributed by atoms with Crippen LogP contribution in [0.5, 0.6) is 0 Å². The lowest BCUT2D eigenvalue weighted by Gasteiger charge is -2.60. The fourth-order valence-electron chi connectivity index (χ4n) is 7.62. The number of nitrogens with zero attached hydrogens (tertiary/aromatic N) is 2. The molecule has 3 aliphatic carbocycles. The summed E-state index contributed by atoms with van der Waals surface area (Å²) in [6.45, 7) is 4.92. The van der Waals surface area contributed by atoms with E-state index in [4.69, 9.17) is 11.6 Å². The minimum Gasteiger partial charge on any atom is -0.367 e. The van der Waals surface area contributed by atoms with Gasteiger partial charge in [0.15, 0.2) is 0 Å². The van der Waals surface area contributed by atoms with Gasteiger partial charge < -0.3 is 10.2 Å². The zero-order valence-corrected chi connectivity index (χ0v) is 18.5. The first-order valence-corrected chi connectivity index (χ1v) is 11.5. The number of halogens is 1. The van der Waals surface area contributed by atoms with Gasteiger partial charge >= 0.3 is 0 Å². The van der Waals surface area contributed by atoms with E-state index in [0.29, 0.717) is 28.4 Å². The summed E-state index contributed by atoms with van der Waals surface area (Å²) in [5, 5.41) is 4.43. The maximum absolute atomic E-state index is 12.2. The Labute approximate surface area is 179 Å². The van der Waals surface area contributed by atoms with E-state index < -0.39 is 0 Å². The molecule has 3 fully saturated rings. The highest BCUT2D eigenvalue weighted by Gasteiger charge is 2.60. The smallest absolute Gasteiger partial charge is 0.246 e. The van der Waals surface area contributed by atoms with Crippen LogP contribution in [0, 0.1) is 28.6 Å². The lowest BCUT2D eigenvalue weighted by Crippen LogP contribution is -2.60. The standard InChI is InChI=1S/C24H32ClN3O/c1-23-12-10-18-16(5-8-20-24(18,2)13-11-22(29)28(20)3)17(23)6-7-19(23)27-21-9-4-15(25)14-26-21/h4,9,11,13-14,16-20H,5-8,10,12H2,1-3H3,(H,26,27)/t16-,17-,18+,19?,20?,23-,24+/m0/s1. The van der Waals surface area contributed by atoms with Crippen LogP contribution >= 0.6 is 11.6 Å². The molecule has 1 N–H and O–H groups in total. The molecule has 5 heteroatoms. The van der Waals surface area contributed by atoms with Crippen LogP contribution in [-0.4, -0.2) is 34.9 Å². The molecule has 156 valence electrons. The predicted molar refractivity (Wildman–Crippen MR) is 117 cm³/mol. The van der Waals surface area contributed by atoms with Crippen LogP contribution in [0.15, 0.2) is 30.5 Å². The van der Waals surface area contributed by atoms with Crippen LogP contribution in [0.4, 0.5) is 5.82 Å². The maximum Gasteiger partial charge on any atom is 0.246 e. The maximum atomic E-state index is 12.2. The highest BCUT2D eigenvalue weighted by Crippen LogP contribution is 2.64. The molecule has 0 bridgehead atoms. The second-order valence-electron chi connectivity index (χ2n) is 10.3. The molecule has 0 spiro atoms. The molecule has 29 heavy (non-hydrogen) atoms. The van der Waals surface area contributed by atoms with E-state index in [1.54, 1.807) is 6.20 Å². The molecular weight excluding hydrogens is 382 g/mol. The molecule has 1 aromatic rings. The summed E-state index contributed by atoms with van der Waals surface area (Å²) in [6.07, 6.45) is 13.2. The van der Waals surface area contributed by atoms with E-state index in [1.807, 2.05) is 30.2 Å². The van der Waals surface area contributed by atoms with Crippen LogP contribution in [0.1, 0.15) is 52.4 Å². The summed E-state index contributed by atoms with van der Waals surface area (Å²) in [5.41, 5.74) is 0.432. The summed E-state index contributed by atoms with van der Waals surface area (Å²) in [4.78, 5) is 18.7. The van der Waals surface area contributed by atoms with Crippen molar-refractivity contribution in [2.75, 3.05) is 12.4 Å². The number of aromatic nitrogens is 1. The Morgan fingerprint density at radius 2 is 1.97 bits per heavy atom. The average molecular weight is 414 g/mol. The predicted octanol–water partition coefficient (Wildman–Crippen LogP) is 5.15. The number of hydrogen-bond acceptors (Lipinski definition) is 3. The zero-order chi connectivity index (χ0) is 20.4. The molecule has 7 atom stereocenters. The molecule has 0 radical (unpaired) electrons. The second-order valence-corrected chi connectivity index (χ2v) is 10.7. The fourth-order valence-corrected chi connectivity index (χ4v) is 7.73. The Morgan fingerprint density at radius 3 is 2.72 bits per heavy atom. The quantitative estimate of drug-likeness (QED) is 0.728. The van der Waals surface area contributed by atoms with Gasteiger partial charge in [0, 0.05) is 30.7 Å². The minimum atomic E-state index is 0.121. The minimum absolute atomic E-state index is 0.121. The van der Waals surface area contributed by atoms with Crippen molar-refractivity contribution in [2.24, 2.45) is 28.6 Å². The molecule has 1 amide bonds. The van der Waals surface area contributed by atoms with Gasteiger partial charge in [0.2, 0.25) is 5.91 Å². The van der Waals surface area contributed by atoms with Crippen molar-refractivity contribution in [3.8, 4) is 0 Å². The topological polar surface area (TPSA) is 45.2 Å². The number of likely N-dealkylation sites (N-methyl/N-ethyl adjacent to an activating group) is 1. The molecule has 0 aromatic carbocycles. The van der Waals surface area contributed by atoms with E-state index >= 15 is 0 Å². The summed E-state index contributed by atoms with van der Waals surface area (Å²) in [6, 6.07) is 4.74. The van der Waals surface area contributed by atoms with Crippen molar-refractivity contribution in [2.45, 2.75) is 64.5 Å². The van der Waals surface area contributed by atoms with E-state index in [2.05, 4.69) is 30.2 Å². The monoisotopic (exact) mass is 413 g/mol. The van der Waals surface area contributed by atoms with Crippen LogP contribution in [-0.2, 0) is 4.79 Å². The SMILES string of the molecule is CN1C(=O)C=C[C@@]2(C)C1CC[C@@H]1[C@H]2CC[C@]2(C)C(Nc3ccc(Cl)cn3)CC[C@@H]12. The number of hydrogen-bond donors (Lipinski definition) is 1. The number of anilines is 1. The third-order valence-electron chi connectivity index (χ3n) is 9.18. The fraction of sp³-hybridized carbons (Fsp3) is 0.667. The lowest BCUT2D eigenvalue weighted by molar-refractivity contribution is -0.138. The third-order valence-corrected chi connectivity index (χ3v) is 9.40. The Bertz CT molecular complexity index is 839. The summed E-state index contributed by atoms with van der Waals surface area (Å²) >= 11 is 6.01. The molecular formula is C24H32ClN3O. The van der Waals surface area contributed by atoms with Gasteiger partial charge in [-0.15, -0.1) is 0 Å². The number of amides is 1. The van der Waals surface area contributed by atoms with Gasteiger partial charge in [0.1, 0.15) is 5.82 Å². The molecule has 4 nitrogen and oxygen atoms in total. The van der Waals surface area contributed by atoms with Crippen molar-refractivity contribution in [3.05, 3.63) is 35.5 Å². The number of rotatable bonds is 2. The third kappa shape index (κ3) is 2.85. The zero-order valence-electron chi connectivity index (χ0n) is 17.7. The molecule has 1 aliphatic heterocycles. The van der Waals surface area contributed by atoms with Crippen molar-refractivity contribution >= 4 is 23.3 Å². The van der Waals surface area contributed by atoms with Gasteiger partial charge in [0.05, 0.1) is 5.02 Å². The first-order valence-electron chi connectivity index (χ1n) is 11.2. The Balaban J connectivity index is 1.39. The molecule has 0 saturated heterocycles. The summed E-state index contributed by atoms with van der Waals surface area (Å²) in [5.74, 6) is 3.30. The normalized spacial score (nSPS) is 43.5. The number of pyridine rings is 1. The first-order chi connectivity index (χ1) is 13.8. The summed E-state index contributed by atoms with van der Waals surface area (Å²) in [7, 11) is 2.00. The molecule has 2 heterocycles. The Morgan fingerprint density at radius 1 is 1.14 bits per heavy atom. The van der Waals surface area contributed by atoms with E-state index in [9.17, 15) is 4.79 Å². The Hall–Kier alpha value is -1.55. The van der Waals surface area contributed by atoms with Gasteiger partial charge in [-0.2, -0.15) is 0 Å². The second kappa shape index (κ2) is 6.73. The first kappa shape index (κ1) is 19.4. The number of fused-ring (bicyclic) bond motifs is 5. The van der Waals surface area contributed by atoms with E-state index in [1.165, 1.54) is 32.1 Å². The Kier molecular flexibility index (Phi) is 4.51. The van der Waals surface area contributed by atoms with Gasteiger partial charge in [-0.1, -0.05) is 31.5 Å².